The summed E-state index contributed by atoms with van der Waals surface area (Å²) in [6.07, 6.45) is 2.91. The fraction of sp³-hybridized carbons (Fsp3) is 0.407. The van der Waals surface area contributed by atoms with Gasteiger partial charge in [-0.2, -0.15) is 0 Å². The average Bonchev–Trinajstić information content (AvgIpc) is 3.71. The summed E-state index contributed by atoms with van der Waals surface area (Å²) in [4.78, 5) is 57.0. The van der Waals surface area contributed by atoms with Crippen molar-refractivity contribution in [2.24, 2.45) is 11.8 Å². The van der Waals surface area contributed by atoms with Gasteiger partial charge in [-0.3, -0.25) is 19.3 Å². The first-order valence-corrected chi connectivity index (χ1v) is 15.0. The Morgan fingerprint density at radius 3 is 2.71 bits per heavy atom. The molecule has 0 saturated carbocycles. The lowest BCUT2D eigenvalue weighted by Gasteiger charge is -2.46. The fourth-order valence-electron chi connectivity index (χ4n) is 5.97. The number of hydrogen-bond acceptors (Lipinski definition) is 10. The molecule has 0 radical (unpaired) electrons. The number of thiazole rings is 1. The van der Waals surface area contributed by atoms with Crippen molar-refractivity contribution in [1.82, 2.24) is 19.2 Å². The molecule has 2 fully saturated rings. The normalized spacial score (nSPS) is 24.2. The van der Waals surface area contributed by atoms with E-state index in [0.29, 0.717) is 24.2 Å². The summed E-state index contributed by atoms with van der Waals surface area (Å²) in [7, 11) is 0. The van der Waals surface area contributed by atoms with Crippen molar-refractivity contribution in [3.8, 4) is 0 Å². The first-order chi connectivity index (χ1) is 20.0. The molecule has 0 aliphatic carbocycles. The molecule has 15 heteroatoms. The molecule has 2 saturated heterocycles. The van der Waals surface area contributed by atoms with Crippen LogP contribution in [0.15, 0.2) is 47.5 Å². The predicted molar refractivity (Wildman–Crippen MR) is 152 cm³/mol. The van der Waals surface area contributed by atoms with Crippen molar-refractivity contribution in [1.29, 1.82) is 0 Å². The molecule has 2 amide bonds. The highest BCUT2D eigenvalue weighted by atomic mass is 32.2. The Kier molecular flexibility index (Phi) is 7.19. The third-order valence-electron chi connectivity index (χ3n) is 8.01. The number of nitro benzene ring substituents is 1. The molecule has 0 bridgehead atoms. The molecular weight excluding hydrogens is 586 g/mol. The summed E-state index contributed by atoms with van der Waals surface area (Å²) < 4.78 is 7.26. The number of benzene rings is 1. The van der Waals surface area contributed by atoms with Gasteiger partial charge in [-0.15, -0.1) is 11.3 Å². The number of thioether (sulfide) groups is 1. The van der Waals surface area contributed by atoms with Crippen molar-refractivity contribution >= 4 is 57.2 Å². The van der Waals surface area contributed by atoms with Crippen molar-refractivity contribution in [2.75, 3.05) is 13.1 Å². The number of nitrogens with zero attached hydrogens (tertiary/aromatic N) is 5. The summed E-state index contributed by atoms with van der Waals surface area (Å²) in [5.74, 6) is -2.43. The van der Waals surface area contributed by atoms with Gasteiger partial charge in [0.25, 0.3) is 5.69 Å². The quantitative estimate of drug-likeness (QED) is 0.218. The Morgan fingerprint density at radius 2 is 2.05 bits per heavy atom. The van der Waals surface area contributed by atoms with Crippen LogP contribution in [0.1, 0.15) is 30.7 Å². The van der Waals surface area contributed by atoms with Gasteiger partial charge in [0.2, 0.25) is 5.91 Å². The van der Waals surface area contributed by atoms with Crippen LogP contribution in [0.4, 0.5) is 10.5 Å². The maximum atomic E-state index is 12.7. The number of non-ortho nitro benzene ring substituents is 1. The van der Waals surface area contributed by atoms with Gasteiger partial charge in [0.1, 0.15) is 28.5 Å². The molecule has 3 aliphatic rings. The van der Waals surface area contributed by atoms with E-state index in [9.17, 15) is 34.7 Å². The largest absolute Gasteiger partial charge is 0.477 e. The van der Waals surface area contributed by atoms with E-state index in [4.69, 9.17) is 4.74 Å². The van der Waals surface area contributed by atoms with E-state index < -0.39 is 35.0 Å². The van der Waals surface area contributed by atoms with Crippen LogP contribution in [0.2, 0.25) is 0 Å². The zero-order chi connectivity index (χ0) is 29.9. The number of aliphatic hydroxyl groups excluding tert-OH is 1. The third kappa shape index (κ3) is 4.70. The number of likely N-dealkylation sites (tertiary alicyclic amines) is 1. The Labute approximate surface area is 247 Å². The molecule has 220 valence electrons. The van der Waals surface area contributed by atoms with Gasteiger partial charge in [0.05, 0.1) is 27.9 Å². The van der Waals surface area contributed by atoms with E-state index in [1.54, 1.807) is 42.0 Å². The minimum Gasteiger partial charge on any atom is -0.477 e. The van der Waals surface area contributed by atoms with Crippen LogP contribution < -0.4 is 0 Å². The highest BCUT2D eigenvalue weighted by Gasteiger charge is 2.60. The van der Waals surface area contributed by atoms with E-state index in [1.165, 1.54) is 28.4 Å². The Hall–Kier alpha value is -3.95. The van der Waals surface area contributed by atoms with Gasteiger partial charge < -0.3 is 24.7 Å². The second kappa shape index (κ2) is 10.7. The summed E-state index contributed by atoms with van der Waals surface area (Å²) in [6, 6.07) is 5.46. The number of aromatic nitrogens is 2. The lowest BCUT2D eigenvalue weighted by molar-refractivity contribution is -0.384. The average molecular weight is 614 g/mol. The SMILES string of the molecule is C[C@@H](O)[C@H]1C(=O)N2C(C(=O)O)=C(c3cn4cnc(S[C@H]5CCN(C(=O)OCc6ccc([N+](=O)[O-])cc6)C5)c4s3)[C@H](C)[C@H]12. The van der Waals surface area contributed by atoms with Crippen LogP contribution >= 0.6 is 23.1 Å². The van der Waals surface area contributed by atoms with Crippen LogP contribution in [0.3, 0.4) is 0 Å². The maximum Gasteiger partial charge on any atom is 0.410 e. The number of aliphatic carboxylic acids is 1. The second-order valence-electron chi connectivity index (χ2n) is 10.6. The summed E-state index contributed by atoms with van der Waals surface area (Å²) in [6.45, 7) is 4.44. The van der Waals surface area contributed by atoms with E-state index in [2.05, 4.69) is 4.98 Å². The first kappa shape index (κ1) is 28.2. The Morgan fingerprint density at radius 1 is 1.31 bits per heavy atom. The molecule has 42 heavy (non-hydrogen) atoms. The number of aliphatic hydroxyl groups is 1. The number of imidazole rings is 1. The topological polar surface area (TPSA) is 168 Å². The standard InChI is InChI=1S/C27H27N5O8S2/c1-13-19(22(26(35)36)31-21(13)20(14(2)33)24(31)34)18-10-30-12-28-23(25(30)42-18)41-17-7-8-29(9-17)27(37)40-11-15-3-5-16(6-4-15)32(38)39/h3-6,10,12-14,17,20-21,33H,7-9,11H2,1-2H3,(H,35,36)/t13-,14+,17-,20+,21+/m0/s1. The second-order valence-corrected chi connectivity index (χ2v) is 13.0. The van der Waals surface area contributed by atoms with E-state index in [0.717, 1.165) is 21.2 Å². The molecule has 5 atom stereocenters. The van der Waals surface area contributed by atoms with E-state index >= 15 is 0 Å². The van der Waals surface area contributed by atoms with Crippen LogP contribution in [0, 0.1) is 22.0 Å². The zero-order valence-electron chi connectivity index (χ0n) is 22.6. The van der Waals surface area contributed by atoms with Gasteiger partial charge in [-0.25, -0.2) is 14.6 Å². The number of carboxylic acid groups (broad SMARTS) is 1. The number of fused-ring (bicyclic) bond motifs is 2. The summed E-state index contributed by atoms with van der Waals surface area (Å²) in [5, 5.41) is 31.8. The minimum atomic E-state index is -1.17. The van der Waals surface area contributed by atoms with Gasteiger partial charge in [0, 0.05) is 48.2 Å². The summed E-state index contributed by atoms with van der Waals surface area (Å²) >= 11 is 2.95. The number of β-lactam (4-membered cyclic amide) rings is 1. The summed E-state index contributed by atoms with van der Waals surface area (Å²) in [5.41, 5.74) is 1.18. The molecule has 0 spiro atoms. The molecular formula is C27H27N5O8S2. The highest BCUT2D eigenvalue weighted by Crippen LogP contribution is 2.52. The van der Waals surface area contributed by atoms with Crippen LogP contribution in [-0.2, 0) is 20.9 Å². The number of ether oxygens (including phenoxy) is 1. The molecule has 5 heterocycles. The van der Waals surface area contributed by atoms with Gasteiger partial charge in [0.15, 0.2) is 0 Å². The van der Waals surface area contributed by atoms with E-state index in [-0.39, 0.29) is 35.1 Å². The van der Waals surface area contributed by atoms with Gasteiger partial charge >= 0.3 is 12.1 Å². The van der Waals surface area contributed by atoms with Crippen molar-refractivity contribution in [3.63, 3.8) is 0 Å². The van der Waals surface area contributed by atoms with E-state index in [1.807, 2.05) is 17.5 Å². The minimum absolute atomic E-state index is 0.0131. The monoisotopic (exact) mass is 613 g/mol. The highest BCUT2D eigenvalue weighted by molar-refractivity contribution is 8.00. The molecule has 3 aliphatic heterocycles. The van der Waals surface area contributed by atoms with Gasteiger partial charge in [-0.05, 0) is 31.0 Å². The number of carbonyl (C=O) groups excluding carboxylic acids is 2. The fourth-order valence-corrected chi connectivity index (χ4v) is 8.46. The predicted octanol–water partition coefficient (Wildman–Crippen LogP) is 3.46. The first-order valence-electron chi connectivity index (χ1n) is 13.3. The molecule has 2 N–H and O–H groups in total. The Balaban J connectivity index is 1.13. The lowest BCUT2D eigenvalue weighted by atomic mass is 9.77. The number of amides is 2. The molecule has 0 unspecified atom stereocenters. The number of rotatable bonds is 8. The number of hydrogen-bond donors (Lipinski definition) is 2. The van der Waals surface area contributed by atoms with Crippen molar-refractivity contribution in [2.45, 2.75) is 49.3 Å². The Bertz CT molecular complexity index is 1630. The molecule has 3 aromatic rings. The van der Waals surface area contributed by atoms with Gasteiger partial charge in [-0.1, -0.05) is 18.7 Å². The van der Waals surface area contributed by atoms with Crippen LogP contribution in [-0.4, -0.2) is 82.8 Å². The number of nitro groups is 1. The maximum absolute atomic E-state index is 12.7. The van der Waals surface area contributed by atoms with Crippen molar-refractivity contribution in [3.05, 3.63) is 63.0 Å². The molecule has 6 rings (SSSR count). The lowest BCUT2D eigenvalue weighted by Crippen LogP contribution is -2.63. The third-order valence-corrected chi connectivity index (χ3v) is 10.5. The van der Waals surface area contributed by atoms with Crippen LogP contribution in [0.5, 0.6) is 0 Å². The van der Waals surface area contributed by atoms with Crippen LogP contribution in [0.25, 0.3) is 10.4 Å². The molecule has 1 aromatic carbocycles. The zero-order valence-corrected chi connectivity index (χ0v) is 24.2. The van der Waals surface area contributed by atoms with Crippen molar-refractivity contribution < 1.29 is 34.3 Å². The smallest absolute Gasteiger partial charge is 0.410 e. The molecule has 2 aromatic heterocycles. The number of carbonyl (C=O) groups is 3. The number of carboxylic acids is 1. The molecule has 13 nitrogen and oxygen atoms in total.